The number of nitriles is 1. The molecule has 0 bridgehead atoms. The monoisotopic (exact) mass is 544 g/mol. The third kappa shape index (κ3) is 5.75. The molecule has 198 valence electrons. The fraction of sp³-hybridized carbons (Fsp3) is 0.360. The maximum Gasteiger partial charge on any atom is 0.573 e. The van der Waals surface area contributed by atoms with Gasteiger partial charge in [-0.25, -0.2) is 4.98 Å². The Balaban J connectivity index is 1.61. The molecule has 1 fully saturated rings. The second-order valence-corrected chi connectivity index (χ2v) is 9.85. The molecular formula is C25H23F3N6O3S. The molecule has 0 aliphatic heterocycles. The van der Waals surface area contributed by atoms with Crippen LogP contribution in [-0.2, 0) is 5.41 Å². The van der Waals surface area contributed by atoms with Gasteiger partial charge in [0.1, 0.15) is 21.3 Å². The van der Waals surface area contributed by atoms with Gasteiger partial charge in [0.05, 0.1) is 29.4 Å². The Labute approximate surface area is 220 Å². The largest absolute Gasteiger partial charge is 0.573 e. The van der Waals surface area contributed by atoms with Crippen LogP contribution in [0.25, 0.3) is 10.7 Å². The Morgan fingerprint density at radius 1 is 1.24 bits per heavy atom. The summed E-state index contributed by atoms with van der Waals surface area (Å²) in [6, 6.07) is 4.92. The molecule has 0 saturated heterocycles. The van der Waals surface area contributed by atoms with E-state index in [-0.39, 0.29) is 17.0 Å². The molecule has 1 aliphatic rings. The Morgan fingerprint density at radius 2 is 1.95 bits per heavy atom. The first-order valence-corrected chi connectivity index (χ1v) is 12.4. The molecule has 9 nitrogen and oxygen atoms in total. The lowest BCUT2D eigenvalue weighted by molar-refractivity contribution is -0.274. The average Bonchev–Trinajstić information content (AvgIpc) is 3.54. The smallest absolute Gasteiger partial charge is 0.406 e. The SMILES string of the molecule is CCN(C)C(=O)c1cnc(-c2nccnc2[C@H](C)NC(=O)c2cc(OC(F)(F)F)cc(C3(C#N)CC3)c2)s1. The van der Waals surface area contributed by atoms with Crippen LogP contribution < -0.4 is 10.1 Å². The van der Waals surface area contributed by atoms with Gasteiger partial charge in [-0.05, 0) is 50.5 Å². The summed E-state index contributed by atoms with van der Waals surface area (Å²) in [7, 11) is 1.68. The van der Waals surface area contributed by atoms with Gasteiger partial charge >= 0.3 is 6.36 Å². The van der Waals surface area contributed by atoms with Gasteiger partial charge in [-0.15, -0.1) is 24.5 Å². The van der Waals surface area contributed by atoms with Crippen molar-refractivity contribution in [2.24, 2.45) is 0 Å². The van der Waals surface area contributed by atoms with Gasteiger partial charge in [0.25, 0.3) is 11.8 Å². The molecule has 2 aromatic heterocycles. The number of amides is 2. The van der Waals surface area contributed by atoms with E-state index < -0.39 is 29.5 Å². The highest BCUT2D eigenvalue weighted by molar-refractivity contribution is 7.16. The second-order valence-electron chi connectivity index (χ2n) is 8.82. The first-order valence-electron chi connectivity index (χ1n) is 11.6. The average molecular weight is 545 g/mol. The summed E-state index contributed by atoms with van der Waals surface area (Å²) in [4.78, 5) is 40.6. The minimum Gasteiger partial charge on any atom is -0.406 e. The van der Waals surface area contributed by atoms with Gasteiger partial charge in [-0.2, -0.15) is 5.26 Å². The van der Waals surface area contributed by atoms with Crippen molar-refractivity contribution in [1.82, 2.24) is 25.2 Å². The van der Waals surface area contributed by atoms with Crippen molar-refractivity contribution in [3.05, 3.63) is 58.5 Å². The summed E-state index contributed by atoms with van der Waals surface area (Å²) in [5.41, 5.74) is -0.0197. The number of alkyl halides is 3. The van der Waals surface area contributed by atoms with Gasteiger partial charge in [0.2, 0.25) is 0 Å². The molecule has 1 N–H and O–H groups in total. The zero-order valence-electron chi connectivity index (χ0n) is 20.7. The maximum atomic E-state index is 13.1. The van der Waals surface area contributed by atoms with Crippen LogP contribution in [0.3, 0.4) is 0 Å². The van der Waals surface area contributed by atoms with Crippen molar-refractivity contribution >= 4 is 23.2 Å². The first-order chi connectivity index (χ1) is 18.0. The van der Waals surface area contributed by atoms with Gasteiger partial charge in [-0.1, -0.05) is 0 Å². The van der Waals surface area contributed by atoms with Crippen molar-refractivity contribution in [1.29, 1.82) is 5.26 Å². The van der Waals surface area contributed by atoms with E-state index in [2.05, 4.69) is 31.1 Å². The molecular weight excluding hydrogens is 521 g/mol. The third-order valence-corrected chi connectivity index (χ3v) is 7.14. The number of benzene rings is 1. The van der Waals surface area contributed by atoms with Crippen LogP contribution in [0, 0.1) is 11.3 Å². The predicted octanol–water partition coefficient (Wildman–Crippen LogP) is 4.64. The number of halogens is 3. The molecule has 3 aromatic rings. The molecule has 2 heterocycles. The van der Waals surface area contributed by atoms with Crippen molar-refractivity contribution in [3.8, 4) is 22.5 Å². The lowest BCUT2D eigenvalue weighted by Crippen LogP contribution is -2.28. The van der Waals surface area contributed by atoms with Crippen LogP contribution in [0.5, 0.6) is 5.75 Å². The van der Waals surface area contributed by atoms with Crippen molar-refractivity contribution in [2.45, 2.75) is 44.5 Å². The number of hydrogen-bond acceptors (Lipinski definition) is 8. The molecule has 0 radical (unpaired) electrons. The summed E-state index contributed by atoms with van der Waals surface area (Å²) in [6.45, 7) is 4.02. The van der Waals surface area contributed by atoms with Crippen LogP contribution in [-0.4, -0.2) is 51.6 Å². The molecule has 1 saturated carbocycles. The molecule has 1 aliphatic carbocycles. The quantitative estimate of drug-likeness (QED) is 0.439. The van der Waals surface area contributed by atoms with Crippen LogP contribution in [0.1, 0.15) is 64.0 Å². The van der Waals surface area contributed by atoms with Gasteiger partial charge < -0.3 is 15.0 Å². The topological polar surface area (TPSA) is 121 Å². The molecule has 0 spiro atoms. The highest BCUT2D eigenvalue weighted by atomic mass is 32.1. The van der Waals surface area contributed by atoms with Crippen LogP contribution in [0.2, 0.25) is 0 Å². The molecule has 1 aromatic carbocycles. The van der Waals surface area contributed by atoms with Gasteiger partial charge in [0.15, 0.2) is 0 Å². The number of ether oxygens (including phenoxy) is 1. The van der Waals surface area contributed by atoms with Crippen LogP contribution >= 0.6 is 11.3 Å². The first kappa shape index (κ1) is 27.0. The van der Waals surface area contributed by atoms with E-state index in [1.165, 1.54) is 24.7 Å². The number of carbonyl (C=O) groups excluding carboxylic acids is 2. The minimum atomic E-state index is -4.96. The van der Waals surface area contributed by atoms with E-state index in [0.29, 0.717) is 40.7 Å². The van der Waals surface area contributed by atoms with E-state index in [1.54, 1.807) is 18.9 Å². The normalized spacial score (nSPS) is 14.8. The molecule has 38 heavy (non-hydrogen) atoms. The Hall–Kier alpha value is -4.05. The number of rotatable bonds is 8. The van der Waals surface area contributed by atoms with Crippen LogP contribution in [0.15, 0.2) is 36.8 Å². The van der Waals surface area contributed by atoms with E-state index in [4.69, 9.17) is 0 Å². The number of thiazole rings is 1. The fourth-order valence-corrected chi connectivity index (χ4v) is 4.70. The summed E-state index contributed by atoms with van der Waals surface area (Å²) in [6.07, 6.45) is 0.336. The molecule has 2 amide bonds. The predicted molar refractivity (Wildman–Crippen MR) is 131 cm³/mol. The zero-order valence-corrected chi connectivity index (χ0v) is 21.5. The number of aromatic nitrogens is 3. The van der Waals surface area contributed by atoms with Crippen molar-refractivity contribution in [2.75, 3.05) is 13.6 Å². The maximum absolute atomic E-state index is 13.1. The summed E-state index contributed by atoms with van der Waals surface area (Å²) < 4.78 is 42.8. The van der Waals surface area contributed by atoms with Crippen molar-refractivity contribution in [3.63, 3.8) is 0 Å². The number of nitrogens with one attached hydrogen (secondary N) is 1. The number of nitrogens with zero attached hydrogens (tertiary/aromatic N) is 5. The summed E-state index contributed by atoms with van der Waals surface area (Å²) in [5.74, 6) is -1.45. The Kier molecular flexibility index (Phi) is 7.37. The Morgan fingerprint density at radius 3 is 2.58 bits per heavy atom. The highest BCUT2D eigenvalue weighted by Gasteiger charge is 2.46. The fourth-order valence-electron chi connectivity index (χ4n) is 3.78. The van der Waals surface area contributed by atoms with Gasteiger partial charge in [-0.3, -0.25) is 19.6 Å². The standard InChI is InChI=1S/C25H23F3N6O3S/c1-4-34(3)23(36)18-12-32-22(38-18)20-19(30-7-8-31-20)14(2)33-21(35)15-9-16(24(13-29)5-6-24)11-17(10-15)37-25(26,27)28/h7-12,14H,4-6H2,1-3H3,(H,33,35)/t14-/m0/s1. The van der Waals surface area contributed by atoms with E-state index in [9.17, 15) is 28.0 Å². The van der Waals surface area contributed by atoms with E-state index >= 15 is 0 Å². The third-order valence-electron chi connectivity index (χ3n) is 6.14. The molecule has 13 heteroatoms. The van der Waals surface area contributed by atoms with E-state index in [0.717, 1.165) is 23.5 Å². The molecule has 4 rings (SSSR count). The zero-order chi connectivity index (χ0) is 27.7. The van der Waals surface area contributed by atoms with Gasteiger partial charge in [0, 0.05) is 31.5 Å². The van der Waals surface area contributed by atoms with E-state index in [1.807, 2.05) is 6.92 Å². The lowest BCUT2D eigenvalue weighted by atomic mass is 9.95. The Bertz CT molecular complexity index is 1410. The number of hydrogen-bond donors (Lipinski definition) is 1. The van der Waals surface area contributed by atoms with Crippen LogP contribution in [0.4, 0.5) is 13.2 Å². The lowest BCUT2D eigenvalue weighted by Gasteiger charge is -2.18. The minimum absolute atomic E-state index is 0.0923. The summed E-state index contributed by atoms with van der Waals surface area (Å²) >= 11 is 1.13. The highest BCUT2D eigenvalue weighted by Crippen LogP contribution is 2.48. The number of carbonyl (C=O) groups is 2. The second kappa shape index (κ2) is 10.4. The molecule has 0 unspecified atom stereocenters. The summed E-state index contributed by atoms with van der Waals surface area (Å²) in [5, 5.41) is 12.7. The van der Waals surface area contributed by atoms with Crippen molar-refractivity contribution < 1.29 is 27.5 Å². The molecule has 1 atom stereocenters.